The molecule has 12 heavy (non-hydrogen) atoms. The smallest absolute Gasteiger partial charge is 0.139 e. The van der Waals surface area contributed by atoms with Crippen molar-refractivity contribution in [2.75, 3.05) is 24.2 Å². The monoisotopic (exact) mass is 187 g/mol. The molecule has 0 radical (unpaired) electrons. The maximum absolute atomic E-state index is 8.74. The molecule has 1 atom stereocenters. The highest BCUT2D eigenvalue weighted by Gasteiger charge is 2.01. The molecule has 0 saturated carbocycles. The number of aliphatic hydroxyl groups excluding tert-OH is 1. The molecule has 1 unspecified atom stereocenters. The number of nitrogens with one attached hydrogen (secondary N) is 1. The topological polar surface area (TPSA) is 71.2 Å². The Balaban J connectivity index is 2.33. The Morgan fingerprint density at radius 1 is 1.83 bits per heavy atom. The molecule has 0 amide bonds. The first-order valence-corrected chi connectivity index (χ1v) is 4.56. The van der Waals surface area contributed by atoms with Crippen LogP contribution < -0.4 is 11.1 Å². The molecule has 4 N–H and O–H groups in total. The highest BCUT2D eigenvalue weighted by atomic mass is 32.1. The first-order chi connectivity index (χ1) is 5.72. The molecule has 0 fully saturated rings. The van der Waals surface area contributed by atoms with Crippen LogP contribution in [0, 0.1) is 5.92 Å². The summed E-state index contributed by atoms with van der Waals surface area (Å²) in [5.41, 5.74) is 5.43. The molecule has 0 bridgehead atoms. The number of anilines is 2. The van der Waals surface area contributed by atoms with Crippen molar-refractivity contribution >= 4 is 22.4 Å². The van der Waals surface area contributed by atoms with Crippen LogP contribution in [0.25, 0.3) is 0 Å². The van der Waals surface area contributed by atoms with Crippen molar-refractivity contribution in [1.82, 2.24) is 4.37 Å². The largest absolute Gasteiger partial charge is 0.396 e. The Kier molecular flexibility index (Phi) is 3.31. The Morgan fingerprint density at radius 3 is 3.08 bits per heavy atom. The SMILES string of the molecule is CC(CO)CNc1cc(N)ns1. The molecule has 68 valence electrons. The molecule has 0 aliphatic heterocycles. The van der Waals surface area contributed by atoms with Gasteiger partial charge in [0.25, 0.3) is 0 Å². The highest BCUT2D eigenvalue weighted by molar-refractivity contribution is 7.10. The zero-order valence-electron chi connectivity index (χ0n) is 6.95. The number of hydrogen-bond acceptors (Lipinski definition) is 5. The summed E-state index contributed by atoms with van der Waals surface area (Å²) in [6.07, 6.45) is 0. The summed E-state index contributed by atoms with van der Waals surface area (Å²) in [7, 11) is 0. The molecule has 1 heterocycles. The van der Waals surface area contributed by atoms with Gasteiger partial charge in [0.2, 0.25) is 0 Å². The van der Waals surface area contributed by atoms with E-state index in [0.717, 1.165) is 11.5 Å². The van der Waals surface area contributed by atoms with Gasteiger partial charge in [-0.3, -0.25) is 0 Å². The van der Waals surface area contributed by atoms with Gasteiger partial charge in [0, 0.05) is 19.2 Å². The minimum absolute atomic E-state index is 0.196. The fourth-order valence-electron chi connectivity index (χ4n) is 0.712. The lowest BCUT2D eigenvalue weighted by Gasteiger charge is -2.07. The van der Waals surface area contributed by atoms with Gasteiger partial charge in [0.05, 0.1) is 0 Å². The minimum Gasteiger partial charge on any atom is -0.396 e. The van der Waals surface area contributed by atoms with E-state index in [4.69, 9.17) is 10.8 Å². The summed E-state index contributed by atoms with van der Waals surface area (Å²) in [6.45, 7) is 2.91. The molecule has 0 aromatic carbocycles. The second kappa shape index (κ2) is 4.27. The number of nitrogens with zero attached hydrogens (tertiary/aromatic N) is 1. The summed E-state index contributed by atoms with van der Waals surface area (Å²) < 4.78 is 3.91. The Bertz CT molecular complexity index is 238. The van der Waals surface area contributed by atoms with E-state index < -0.39 is 0 Å². The first kappa shape index (κ1) is 9.28. The van der Waals surface area contributed by atoms with Crippen LogP contribution >= 0.6 is 11.5 Å². The van der Waals surface area contributed by atoms with Gasteiger partial charge in [-0.15, -0.1) is 0 Å². The van der Waals surface area contributed by atoms with Crippen molar-refractivity contribution < 1.29 is 5.11 Å². The summed E-state index contributed by atoms with van der Waals surface area (Å²) >= 11 is 1.33. The molecule has 4 nitrogen and oxygen atoms in total. The van der Waals surface area contributed by atoms with Crippen molar-refractivity contribution in [3.8, 4) is 0 Å². The molecule has 0 aliphatic rings. The lowest BCUT2D eigenvalue weighted by atomic mass is 10.2. The number of aromatic nitrogens is 1. The van der Waals surface area contributed by atoms with Gasteiger partial charge < -0.3 is 16.2 Å². The van der Waals surface area contributed by atoms with E-state index in [1.165, 1.54) is 11.5 Å². The standard InChI is InChI=1S/C7H13N3OS/c1-5(4-11)3-9-7-2-6(8)10-12-7/h2,5,9,11H,3-4H2,1H3,(H2,8,10). The molecule has 0 aliphatic carbocycles. The van der Waals surface area contributed by atoms with E-state index in [2.05, 4.69) is 9.69 Å². The molecular formula is C7H13N3OS. The van der Waals surface area contributed by atoms with Gasteiger partial charge in [-0.2, -0.15) is 4.37 Å². The van der Waals surface area contributed by atoms with Crippen LogP contribution in [-0.4, -0.2) is 22.6 Å². The van der Waals surface area contributed by atoms with Crippen molar-refractivity contribution in [2.45, 2.75) is 6.92 Å². The Morgan fingerprint density at radius 2 is 2.58 bits per heavy atom. The van der Waals surface area contributed by atoms with E-state index in [-0.39, 0.29) is 12.5 Å². The van der Waals surface area contributed by atoms with Crippen molar-refractivity contribution in [3.05, 3.63) is 6.07 Å². The van der Waals surface area contributed by atoms with Crippen LogP contribution in [0.3, 0.4) is 0 Å². The van der Waals surface area contributed by atoms with Crippen LogP contribution in [0.5, 0.6) is 0 Å². The maximum Gasteiger partial charge on any atom is 0.139 e. The van der Waals surface area contributed by atoms with Gasteiger partial charge in [-0.1, -0.05) is 6.92 Å². The second-order valence-corrected chi connectivity index (χ2v) is 3.59. The van der Waals surface area contributed by atoms with E-state index in [0.29, 0.717) is 5.82 Å². The number of hydrogen-bond donors (Lipinski definition) is 3. The van der Waals surface area contributed by atoms with Gasteiger partial charge >= 0.3 is 0 Å². The molecule has 1 rings (SSSR count). The van der Waals surface area contributed by atoms with E-state index >= 15 is 0 Å². The molecule has 0 spiro atoms. The van der Waals surface area contributed by atoms with Gasteiger partial charge in [-0.25, -0.2) is 0 Å². The molecule has 1 aromatic rings. The van der Waals surface area contributed by atoms with Crippen LogP contribution in [0.2, 0.25) is 0 Å². The van der Waals surface area contributed by atoms with E-state index in [9.17, 15) is 0 Å². The number of aliphatic hydroxyl groups is 1. The summed E-state index contributed by atoms with van der Waals surface area (Å²) in [6, 6.07) is 1.79. The Hall–Kier alpha value is -0.810. The normalized spacial score (nSPS) is 12.8. The number of rotatable bonds is 4. The van der Waals surface area contributed by atoms with Crippen LogP contribution in [0.4, 0.5) is 10.8 Å². The zero-order valence-corrected chi connectivity index (χ0v) is 7.77. The third-order valence-electron chi connectivity index (χ3n) is 1.46. The predicted molar refractivity (Wildman–Crippen MR) is 51.3 cm³/mol. The zero-order chi connectivity index (χ0) is 8.97. The summed E-state index contributed by atoms with van der Waals surface area (Å²) in [4.78, 5) is 0. The quantitative estimate of drug-likeness (QED) is 0.651. The predicted octanol–water partition coefficient (Wildman–Crippen LogP) is 0.766. The summed E-state index contributed by atoms with van der Waals surface area (Å²) in [5.74, 6) is 0.799. The Labute approximate surface area is 75.6 Å². The number of nitrogen functional groups attached to an aromatic ring is 1. The van der Waals surface area contributed by atoms with E-state index in [1.54, 1.807) is 6.07 Å². The first-order valence-electron chi connectivity index (χ1n) is 3.79. The molecule has 5 heteroatoms. The molecular weight excluding hydrogens is 174 g/mol. The summed E-state index contributed by atoms with van der Waals surface area (Å²) in [5, 5.41) is 12.8. The average molecular weight is 187 g/mol. The van der Waals surface area contributed by atoms with Crippen LogP contribution in [0.1, 0.15) is 6.92 Å². The van der Waals surface area contributed by atoms with Gasteiger partial charge in [-0.05, 0) is 17.5 Å². The fraction of sp³-hybridized carbons (Fsp3) is 0.571. The molecule has 1 aromatic heterocycles. The van der Waals surface area contributed by atoms with Crippen LogP contribution in [-0.2, 0) is 0 Å². The maximum atomic E-state index is 8.74. The van der Waals surface area contributed by atoms with Crippen molar-refractivity contribution in [2.24, 2.45) is 5.92 Å². The van der Waals surface area contributed by atoms with E-state index in [1.807, 2.05) is 6.92 Å². The number of nitrogens with two attached hydrogens (primary N) is 1. The van der Waals surface area contributed by atoms with Crippen molar-refractivity contribution in [3.63, 3.8) is 0 Å². The lowest BCUT2D eigenvalue weighted by molar-refractivity contribution is 0.244. The fourth-order valence-corrected chi connectivity index (χ4v) is 1.29. The molecule has 0 saturated heterocycles. The third kappa shape index (κ3) is 2.67. The minimum atomic E-state index is 0.196. The second-order valence-electron chi connectivity index (χ2n) is 2.78. The average Bonchev–Trinajstić information content (AvgIpc) is 2.47. The lowest BCUT2D eigenvalue weighted by Crippen LogP contribution is -2.13. The third-order valence-corrected chi connectivity index (χ3v) is 2.23. The van der Waals surface area contributed by atoms with Crippen LogP contribution in [0.15, 0.2) is 6.07 Å². The highest BCUT2D eigenvalue weighted by Crippen LogP contribution is 2.17. The van der Waals surface area contributed by atoms with Crippen molar-refractivity contribution in [1.29, 1.82) is 0 Å². The van der Waals surface area contributed by atoms with Gasteiger partial charge in [0.15, 0.2) is 0 Å². The van der Waals surface area contributed by atoms with Gasteiger partial charge in [0.1, 0.15) is 10.8 Å².